The fourth-order valence-electron chi connectivity index (χ4n) is 3.12. The van der Waals surface area contributed by atoms with Crippen LogP contribution in [0.5, 0.6) is 0 Å². The van der Waals surface area contributed by atoms with Gasteiger partial charge >= 0.3 is 0 Å². The minimum atomic E-state index is 1.07. The van der Waals surface area contributed by atoms with Crippen molar-refractivity contribution in [3.63, 3.8) is 0 Å². The Bertz CT molecular complexity index is 979. The quantitative estimate of drug-likeness (QED) is 0.341. The van der Waals surface area contributed by atoms with E-state index in [2.05, 4.69) is 124 Å². The van der Waals surface area contributed by atoms with E-state index in [1.54, 1.807) is 0 Å². The minimum Gasteiger partial charge on any atom is -0.310 e. The first-order valence-electron chi connectivity index (χ1n) is 8.58. The van der Waals surface area contributed by atoms with Crippen molar-refractivity contribution in [3.8, 4) is 11.1 Å². The normalized spacial score (nSPS) is 10.5. The molecule has 0 saturated heterocycles. The summed E-state index contributed by atoms with van der Waals surface area (Å²) in [7, 11) is 0. The molecule has 2 heteroatoms. The molecule has 1 nitrogen and oxygen atoms in total. The molecular formula is C24H18BrN. The minimum absolute atomic E-state index is 1.07. The highest BCUT2D eigenvalue weighted by Crippen LogP contribution is 2.40. The zero-order chi connectivity index (χ0) is 17.8. The molecule has 4 aromatic carbocycles. The average Bonchev–Trinajstić information content (AvgIpc) is 2.72. The molecule has 4 rings (SSSR count). The van der Waals surface area contributed by atoms with Gasteiger partial charge in [0.25, 0.3) is 0 Å². The van der Waals surface area contributed by atoms with Crippen molar-refractivity contribution in [2.45, 2.75) is 0 Å². The van der Waals surface area contributed by atoms with Crippen LogP contribution in [-0.4, -0.2) is 0 Å². The van der Waals surface area contributed by atoms with E-state index in [1.807, 2.05) is 6.07 Å². The summed E-state index contributed by atoms with van der Waals surface area (Å²) in [5.41, 5.74) is 5.84. The second-order valence-electron chi connectivity index (χ2n) is 6.03. The smallest absolute Gasteiger partial charge is 0.0540 e. The Morgan fingerprint density at radius 3 is 1.73 bits per heavy atom. The number of halogens is 1. The van der Waals surface area contributed by atoms with Gasteiger partial charge in [-0.05, 0) is 48.0 Å². The molecule has 126 valence electrons. The van der Waals surface area contributed by atoms with Gasteiger partial charge < -0.3 is 4.90 Å². The van der Waals surface area contributed by atoms with Crippen LogP contribution in [-0.2, 0) is 0 Å². The zero-order valence-electron chi connectivity index (χ0n) is 14.2. The van der Waals surface area contributed by atoms with Crippen LogP contribution < -0.4 is 4.90 Å². The molecule has 0 atom stereocenters. The Labute approximate surface area is 162 Å². The molecule has 26 heavy (non-hydrogen) atoms. The highest BCUT2D eigenvalue weighted by molar-refractivity contribution is 9.10. The molecule has 0 heterocycles. The summed E-state index contributed by atoms with van der Waals surface area (Å²) < 4.78 is 1.07. The van der Waals surface area contributed by atoms with E-state index in [0.29, 0.717) is 0 Å². The summed E-state index contributed by atoms with van der Waals surface area (Å²) in [5, 5.41) is 0. The number of hydrogen-bond donors (Lipinski definition) is 0. The van der Waals surface area contributed by atoms with Crippen molar-refractivity contribution in [2.75, 3.05) is 4.90 Å². The molecule has 0 fully saturated rings. The van der Waals surface area contributed by atoms with Crippen LogP contribution in [0.2, 0.25) is 0 Å². The van der Waals surface area contributed by atoms with Gasteiger partial charge in [0.1, 0.15) is 0 Å². The van der Waals surface area contributed by atoms with Gasteiger partial charge in [-0.1, -0.05) is 82.7 Å². The molecule has 0 bridgehead atoms. The number of hydrogen-bond acceptors (Lipinski definition) is 1. The Balaban J connectivity index is 1.92. The molecule has 0 radical (unpaired) electrons. The number of para-hydroxylation sites is 2. The van der Waals surface area contributed by atoms with Crippen molar-refractivity contribution in [3.05, 3.63) is 114 Å². The number of nitrogens with zero attached hydrogens (tertiary/aromatic N) is 1. The maximum absolute atomic E-state index is 3.54. The van der Waals surface area contributed by atoms with Crippen LogP contribution in [0.15, 0.2) is 114 Å². The van der Waals surface area contributed by atoms with Gasteiger partial charge in [0.15, 0.2) is 0 Å². The lowest BCUT2D eigenvalue weighted by atomic mass is 10.0. The third kappa shape index (κ3) is 3.42. The Hall–Kier alpha value is -2.84. The highest BCUT2D eigenvalue weighted by Gasteiger charge is 2.16. The van der Waals surface area contributed by atoms with E-state index in [4.69, 9.17) is 0 Å². The first-order valence-corrected chi connectivity index (χ1v) is 9.37. The first-order chi connectivity index (χ1) is 12.8. The predicted molar refractivity (Wildman–Crippen MR) is 114 cm³/mol. The van der Waals surface area contributed by atoms with Gasteiger partial charge in [-0.2, -0.15) is 0 Å². The zero-order valence-corrected chi connectivity index (χ0v) is 15.8. The molecule has 0 N–H and O–H groups in total. The van der Waals surface area contributed by atoms with Gasteiger partial charge in [-0.15, -0.1) is 0 Å². The van der Waals surface area contributed by atoms with Crippen LogP contribution in [0.1, 0.15) is 0 Å². The number of rotatable bonds is 4. The Kier molecular flexibility index (Phi) is 4.85. The van der Waals surface area contributed by atoms with Crippen LogP contribution in [0, 0.1) is 0 Å². The molecule has 4 aromatic rings. The van der Waals surface area contributed by atoms with E-state index >= 15 is 0 Å². The molecule has 0 spiro atoms. The number of anilines is 3. The summed E-state index contributed by atoms with van der Waals surface area (Å²) in [6.07, 6.45) is 0. The van der Waals surface area contributed by atoms with Crippen molar-refractivity contribution >= 4 is 33.0 Å². The molecule has 0 aliphatic heterocycles. The van der Waals surface area contributed by atoms with Crippen molar-refractivity contribution in [2.24, 2.45) is 0 Å². The monoisotopic (exact) mass is 399 g/mol. The van der Waals surface area contributed by atoms with Crippen LogP contribution in [0.4, 0.5) is 17.1 Å². The largest absolute Gasteiger partial charge is 0.310 e. The summed E-state index contributed by atoms with van der Waals surface area (Å²) >= 11 is 3.54. The third-order valence-electron chi connectivity index (χ3n) is 4.33. The summed E-state index contributed by atoms with van der Waals surface area (Å²) in [6, 6.07) is 38.0. The summed E-state index contributed by atoms with van der Waals surface area (Å²) in [6.45, 7) is 0. The Morgan fingerprint density at radius 2 is 1.04 bits per heavy atom. The van der Waals surface area contributed by atoms with Gasteiger partial charge in [0.2, 0.25) is 0 Å². The van der Waals surface area contributed by atoms with Gasteiger partial charge in [0.05, 0.1) is 5.69 Å². The second-order valence-corrected chi connectivity index (χ2v) is 6.95. The molecule has 0 amide bonds. The SMILES string of the molecule is Brc1ccc(N(c2ccccc2)c2ccccc2-c2ccccc2)cc1. The van der Waals surface area contributed by atoms with Crippen LogP contribution in [0.3, 0.4) is 0 Å². The van der Waals surface area contributed by atoms with Crippen LogP contribution >= 0.6 is 15.9 Å². The van der Waals surface area contributed by atoms with Gasteiger partial charge in [0, 0.05) is 21.4 Å². The van der Waals surface area contributed by atoms with E-state index in [-0.39, 0.29) is 0 Å². The molecule has 0 aliphatic carbocycles. The van der Waals surface area contributed by atoms with Gasteiger partial charge in [-0.25, -0.2) is 0 Å². The fraction of sp³-hybridized carbons (Fsp3) is 0. The van der Waals surface area contributed by atoms with E-state index in [9.17, 15) is 0 Å². The fourth-order valence-corrected chi connectivity index (χ4v) is 3.39. The lowest BCUT2D eigenvalue weighted by Crippen LogP contribution is -2.10. The van der Waals surface area contributed by atoms with E-state index in [1.165, 1.54) is 11.1 Å². The molecule has 0 saturated carbocycles. The third-order valence-corrected chi connectivity index (χ3v) is 4.86. The number of benzene rings is 4. The predicted octanol–water partition coefficient (Wildman–Crippen LogP) is 7.59. The lowest BCUT2D eigenvalue weighted by molar-refractivity contribution is 1.28. The standard InChI is InChI=1S/C24H18BrN/c25-20-15-17-22(18-16-20)26(21-11-5-2-6-12-21)24-14-8-7-13-23(24)19-9-3-1-4-10-19/h1-18H. The summed E-state index contributed by atoms with van der Waals surface area (Å²) in [5.74, 6) is 0. The molecular weight excluding hydrogens is 382 g/mol. The maximum Gasteiger partial charge on any atom is 0.0540 e. The average molecular weight is 400 g/mol. The molecule has 0 unspecified atom stereocenters. The maximum atomic E-state index is 3.54. The topological polar surface area (TPSA) is 3.24 Å². The van der Waals surface area contributed by atoms with Crippen molar-refractivity contribution in [1.29, 1.82) is 0 Å². The van der Waals surface area contributed by atoms with E-state index in [0.717, 1.165) is 21.5 Å². The Morgan fingerprint density at radius 1 is 0.500 bits per heavy atom. The lowest BCUT2D eigenvalue weighted by Gasteiger charge is -2.27. The highest BCUT2D eigenvalue weighted by atomic mass is 79.9. The molecule has 0 aromatic heterocycles. The van der Waals surface area contributed by atoms with E-state index < -0.39 is 0 Å². The molecule has 0 aliphatic rings. The summed E-state index contributed by atoms with van der Waals surface area (Å²) in [4.78, 5) is 2.30. The van der Waals surface area contributed by atoms with Crippen molar-refractivity contribution in [1.82, 2.24) is 0 Å². The van der Waals surface area contributed by atoms with Crippen LogP contribution in [0.25, 0.3) is 11.1 Å². The van der Waals surface area contributed by atoms with Gasteiger partial charge in [-0.3, -0.25) is 0 Å². The van der Waals surface area contributed by atoms with Crippen molar-refractivity contribution < 1.29 is 0 Å². The second kappa shape index (κ2) is 7.59. The first kappa shape index (κ1) is 16.6.